The van der Waals surface area contributed by atoms with E-state index in [1.165, 1.54) is 4.57 Å². The zero-order valence-corrected chi connectivity index (χ0v) is 11.2. The molecule has 17 heavy (non-hydrogen) atoms. The number of nitrogens with two attached hydrogens (primary N) is 1. The van der Waals surface area contributed by atoms with Gasteiger partial charge in [-0.05, 0) is 0 Å². The van der Waals surface area contributed by atoms with Gasteiger partial charge in [-0.2, -0.15) is 0 Å². The van der Waals surface area contributed by atoms with Crippen LogP contribution in [-0.2, 0) is 11.3 Å². The monoisotopic (exact) mass is 273 g/mol. The largest absolute Gasteiger partial charge is 0.393 e. The summed E-state index contributed by atoms with van der Waals surface area (Å²) in [5.41, 5.74) is 5.36. The first-order valence-electron chi connectivity index (χ1n) is 5.17. The summed E-state index contributed by atoms with van der Waals surface area (Å²) in [6.07, 6.45) is 2.52. The molecule has 1 aromatic heterocycles. The van der Waals surface area contributed by atoms with Gasteiger partial charge in [-0.15, -0.1) is 0 Å². The van der Waals surface area contributed by atoms with Gasteiger partial charge in [0.1, 0.15) is 0 Å². The molecule has 94 valence electrons. The zero-order chi connectivity index (χ0) is 12.8. The number of thiocarbonyl (C=S) groups is 1. The minimum atomic E-state index is -0.0383. The summed E-state index contributed by atoms with van der Waals surface area (Å²) in [6, 6.07) is 0. The number of nitrogens with zero attached hydrogens (tertiary/aromatic N) is 2. The molecule has 0 atom stereocenters. The highest BCUT2D eigenvalue weighted by atomic mass is 32.1. The van der Waals surface area contributed by atoms with E-state index in [1.807, 2.05) is 0 Å². The lowest BCUT2D eigenvalue weighted by Crippen LogP contribution is -2.31. The number of amides is 1. The van der Waals surface area contributed by atoms with Crippen molar-refractivity contribution in [2.75, 3.05) is 13.6 Å². The maximum atomic E-state index is 11.7. The van der Waals surface area contributed by atoms with Gasteiger partial charge in [0.05, 0.1) is 4.99 Å². The Balaban J connectivity index is 2.37. The van der Waals surface area contributed by atoms with Crippen LogP contribution in [0.25, 0.3) is 0 Å². The van der Waals surface area contributed by atoms with Crippen LogP contribution in [0.1, 0.15) is 12.8 Å². The third-order valence-electron chi connectivity index (χ3n) is 2.33. The summed E-state index contributed by atoms with van der Waals surface area (Å²) in [5.74, 6) is -0.0145. The van der Waals surface area contributed by atoms with Crippen molar-refractivity contribution in [1.82, 2.24) is 9.47 Å². The topological polar surface area (TPSA) is 68.3 Å². The summed E-state index contributed by atoms with van der Waals surface area (Å²) in [7, 11) is 1.71. The van der Waals surface area contributed by atoms with Gasteiger partial charge in [0.2, 0.25) is 5.91 Å². The lowest BCUT2D eigenvalue weighted by molar-refractivity contribution is -0.130. The number of aromatic nitrogens is 1. The smallest absolute Gasteiger partial charge is 0.307 e. The molecule has 0 aromatic carbocycles. The molecule has 5 nitrogen and oxygen atoms in total. The van der Waals surface area contributed by atoms with Crippen LogP contribution in [0.5, 0.6) is 0 Å². The molecule has 0 bridgehead atoms. The second kappa shape index (κ2) is 6.51. The number of aryl methyl sites for hydroxylation is 1. The van der Waals surface area contributed by atoms with Crippen molar-refractivity contribution in [3.05, 3.63) is 21.2 Å². The van der Waals surface area contributed by atoms with Crippen LogP contribution in [0, 0.1) is 0 Å². The van der Waals surface area contributed by atoms with Gasteiger partial charge in [0, 0.05) is 44.6 Å². The molecule has 7 heteroatoms. The second-order valence-electron chi connectivity index (χ2n) is 3.64. The first-order valence-corrected chi connectivity index (χ1v) is 6.45. The Hall–Kier alpha value is -1.21. The maximum Gasteiger partial charge on any atom is 0.307 e. The summed E-state index contributed by atoms with van der Waals surface area (Å²) in [4.78, 5) is 24.9. The van der Waals surface area contributed by atoms with Gasteiger partial charge in [0.25, 0.3) is 0 Å². The Morgan fingerprint density at radius 2 is 2.29 bits per heavy atom. The Kier molecular flexibility index (Phi) is 5.30. The van der Waals surface area contributed by atoms with Crippen LogP contribution in [0.15, 0.2) is 16.4 Å². The molecule has 0 aliphatic heterocycles. The molecular formula is C10H15N3O2S2. The summed E-state index contributed by atoms with van der Waals surface area (Å²) in [5, 5.41) is 1.71. The molecule has 0 aliphatic carbocycles. The molecule has 0 unspecified atom stereocenters. The molecule has 0 spiro atoms. The summed E-state index contributed by atoms with van der Waals surface area (Å²) in [6.45, 7) is 0.936. The van der Waals surface area contributed by atoms with Crippen molar-refractivity contribution in [2.45, 2.75) is 19.4 Å². The molecule has 2 N–H and O–H groups in total. The molecule has 1 amide bonds. The lowest BCUT2D eigenvalue weighted by atomic mass is 10.3. The highest BCUT2D eigenvalue weighted by Crippen LogP contribution is 1.97. The van der Waals surface area contributed by atoms with Gasteiger partial charge in [-0.3, -0.25) is 9.59 Å². The van der Waals surface area contributed by atoms with Gasteiger partial charge in [0.15, 0.2) is 0 Å². The first-order chi connectivity index (χ1) is 8.00. The summed E-state index contributed by atoms with van der Waals surface area (Å²) < 4.78 is 1.53. The lowest BCUT2D eigenvalue weighted by Gasteiger charge is -2.16. The molecule has 0 aliphatic rings. The van der Waals surface area contributed by atoms with Gasteiger partial charge in [-0.1, -0.05) is 23.6 Å². The van der Waals surface area contributed by atoms with Crippen LogP contribution in [0.3, 0.4) is 0 Å². The second-order valence-corrected chi connectivity index (χ2v) is 5.03. The van der Waals surface area contributed by atoms with Crippen LogP contribution >= 0.6 is 23.6 Å². The standard InChI is InChI=1S/C10H15N3O2S2/c1-12(4-2-8(11)16)9(14)3-5-13-6-7-17-10(13)15/h6-7H,2-5H2,1H3,(H2,11,16). The van der Waals surface area contributed by atoms with E-state index in [0.29, 0.717) is 30.9 Å². The van der Waals surface area contributed by atoms with E-state index in [1.54, 1.807) is 23.5 Å². The van der Waals surface area contributed by atoms with Crippen molar-refractivity contribution >= 4 is 34.5 Å². The fraction of sp³-hybridized carbons (Fsp3) is 0.500. The van der Waals surface area contributed by atoms with Crippen molar-refractivity contribution < 1.29 is 4.79 Å². The van der Waals surface area contributed by atoms with E-state index in [2.05, 4.69) is 0 Å². The average Bonchev–Trinajstić information content (AvgIpc) is 2.68. The average molecular weight is 273 g/mol. The van der Waals surface area contributed by atoms with Gasteiger partial charge < -0.3 is 15.2 Å². The van der Waals surface area contributed by atoms with E-state index >= 15 is 0 Å². The number of hydrogen-bond donors (Lipinski definition) is 1. The molecule has 0 fully saturated rings. The van der Waals surface area contributed by atoms with E-state index in [-0.39, 0.29) is 10.8 Å². The highest BCUT2D eigenvalue weighted by Gasteiger charge is 2.09. The quantitative estimate of drug-likeness (QED) is 0.763. The Labute approximate surface area is 109 Å². The SMILES string of the molecule is CN(CCC(N)=S)C(=O)CCn1ccsc1=O. The van der Waals surface area contributed by atoms with Crippen molar-refractivity contribution in [2.24, 2.45) is 5.73 Å². The van der Waals surface area contributed by atoms with Crippen molar-refractivity contribution in [1.29, 1.82) is 0 Å². The number of thiazole rings is 1. The molecule has 1 rings (SSSR count). The minimum Gasteiger partial charge on any atom is -0.393 e. The van der Waals surface area contributed by atoms with Crippen LogP contribution in [0.2, 0.25) is 0 Å². The Morgan fingerprint density at radius 3 is 2.82 bits per heavy atom. The van der Waals surface area contributed by atoms with E-state index in [4.69, 9.17) is 18.0 Å². The Morgan fingerprint density at radius 1 is 1.59 bits per heavy atom. The normalized spacial score (nSPS) is 10.2. The van der Waals surface area contributed by atoms with E-state index in [9.17, 15) is 9.59 Å². The van der Waals surface area contributed by atoms with Crippen LogP contribution in [0.4, 0.5) is 0 Å². The number of carbonyl (C=O) groups excluding carboxylic acids is 1. The Bertz CT molecular complexity index is 452. The van der Waals surface area contributed by atoms with E-state index < -0.39 is 0 Å². The number of carbonyl (C=O) groups is 1. The third kappa shape index (κ3) is 4.66. The van der Waals surface area contributed by atoms with Gasteiger partial charge >= 0.3 is 4.87 Å². The van der Waals surface area contributed by atoms with E-state index in [0.717, 1.165) is 11.3 Å². The summed E-state index contributed by atoms with van der Waals surface area (Å²) >= 11 is 5.87. The number of rotatable bonds is 6. The van der Waals surface area contributed by atoms with Crippen molar-refractivity contribution in [3.8, 4) is 0 Å². The molecular weight excluding hydrogens is 258 g/mol. The molecule has 0 saturated carbocycles. The van der Waals surface area contributed by atoms with Crippen molar-refractivity contribution in [3.63, 3.8) is 0 Å². The van der Waals surface area contributed by atoms with Crippen LogP contribution in [-0.4, -0.2) is 34.0 Å². The molecule has 1 aromatic rings. The predicted molar refractivity (Wildman–Crippen MR) is 72.2 cm³/mol. The predicted octanol–water partition coefficient (Wildman–Crippen LogP) is 0.434. The number of hydrogen-bond acceptors (Lipinski definition) is 4. The fourth-order valence-corrected chi connectivity index (χ4v) is 1.97. The third-order valence-corrected chi connectivity index (χ3v) is 3.23. The first kappa shape index (κ1) is 13.9. The highest BCUT2D eigenvalue weighted by molar-refractivity contribution is 7.80. The molecule has 0 radical (unpaired) electrons. The molecule has 1 heterocycles. The van der Waals surface area contributed by atoms with Gasteiger partial charge in [-0.25, -0.2) is 0 Å². The fourth-order valence-electron chi connectivity index (χ4n) is 1.27. The zero-order valence-electron chi connectivity index (χ0n) is 9.59. The molecule has 0 saturated heterocycles. The minimum absolute atomic E-state index is 0.0145. The van der Waals surface area contributed by atoms with Crippen LogP contribution < -0.4 is 10.6 Å². The maximum absolute atomic E-state index is 11.7.